The fourth-order valence-electron chi connectivity index (χ4n) is 1.98. The Bertz CT molecular complexity index is 763. The zero-order chi connectivity index (χ0) is 18.6. The first-order valence-corrected chi connectivity index (χ1v) is 10.3. The van der Waals surface area contributed by atoms with Crippen molar-refractivity contribution in [2.75, 3.05) is 0 Å². The Balaban J connectivity index is 2.32. The number of hydrogen-bond acceptors (Lipinski definition) is 4. The maximum atomic E-state index is 12.3. The van der Waals surface area contributed by atoms with Crippen LogP contribution in [0.4, 0.5) is 0 Å². The molecule has 134 valence electrons. The van der Waals surface area contributed by atoms with Gasteiger partial charge in [-0.1, -0.05) is 53.2 Å². The number of nitrogens with one attached hydrogen (secondary N) is 1. The molecule has 0 aromatic heterocycles. The van der Waals surface area contributed by atoms with Crippen molar-refractivity contribution in [2.24, 2.45) is 0 Å². The molecule has 0 saturated heterocycles. The largest absolute Gasteiger partial charge is 0.598 e. The molecule has 1 N–H and O–H groups in total. The molecule has 0 radical (unpaired) electrons. The molecule has 0 amide bonds. The standard InChI is InChI=1S/C18H19Cl2NO2S2/c1-18(2,3)25(23)21-10-13-16(9-8-14(19)17(13)20)24-15-7-5-4-6-12(15)11-22/h4-9,11,21H,10H2,1-3H3. The summed E-state index contributed by atoms with van der Waals surface area (Å²) in [5, 5.41) is 0.863. The first-order valence-electron chi connectivity index (χ1n) is 7.58. The van der Waals surface area contributed by atoms with E-state index >= 15 is 0 Å². The molecule has 0 fully saturated rings. The summed E-state index contributed by atoms with van der Waals surface area (Å²) in [6.45, 7) is 6.00. The molecule has 0 saturated carbocycles. The molecule has 2 aromatic carbocycles. The Morgan fingerprint density at radius 2 is 1.84 bits per heavy atom. The smallest absolute Gasteiger partial charge is 0.151 e. The van der Waals surface area contributed by atoms with Gasteiger partial charge in [-0.3, -0.25) is 4.79 Å². The minimum Gasteiger partial charge on any atom is -0.598 e. The van der Waals surface area contributed by atoms with E-state index in [1.54, 1.807) is 12.1 Å². The van der Waals surface area contributed by atoms with Gasteiger partial charge in [0.2, 0.25) is 0 Å². The average molecular weight is 416 g/mol. The topological polar surface area (TPSA) is 52.2 Å². The predicted octanol–water partition coefficient (Wildman–Crippen LogP) is 5.51. The third-order valence-electron chi connectivity index (χ3n) is 3.36. The zero-order valence-electron chi connectivity index (χ0n) is 14.1. The van der Waals surface area contributed by atoms with Crippen LogP contribution in [0, 0.1) is 0 Å². The Kier molecular flexibility index (Phi) is 7.26. The third-order valence-corrected chi connectivity index (χ3v) is 6.91. The van der Waals surface area contributed by atoms with Crippen molar-refractivity contribution in [3.63, 3.8) is 0 Å². The number of aldehydes is 1. The van der Waals surface area contributed by atoms with Crippen LogP contribution in [0.15, 0.2) is 46.2 Å². The maximum Gasteiger partial charge on any atom is 0.151 e. The molecule has 2 aromatic rings. The fraction of sp³-hybridized carbons (Fsp3) is 0.278. The van der Waals surface area contributed by atoms with Gasteiger partial charge in [0.15, 0.2) is 6.29 Å². The molecular formula is C18H19Cl2NO2S2. The highest BCUT2D eigenvalue weighted by Crippen LogP contribution is 2.38. The van der Waals surface area contributed by atoms with Gasteiger partial charge < -0.3 is 4.55 Å². The Morgan fingerprint density at radius 1 is 1.16 bits per heavy atom. The summed E-state index contributed by atoms with van der Waals surface area (Å²) in [5.74, 6) is 0. The number of carbonyl (C=O) groups is 1. The lowest BCUT2D eigenvalue weighted by molar-refractivity contribution is 0.112. The van der Waals surface area contributed by atoms with Crippen LogP contribution in [0.5, 0.6) is 0 Å². The van der Waals surface area contributed by atoms with Gasteiger partial charge in [0, 0.05) is 32.3 Å². The number of halogens is 2. The van der Waals surface area contributed by atoms with Crippen molar-refractivity contribution in [1.82, 2.24) is 4.72 Å². The van der Waals surface area contributed by atoms with Gasteiger partial charge in [0.05, 0.1) is 16.6 Å². The number of rotatable bonds is 6. The second kappa shape index (κ2) is 8.80. The van der Waals surface area contributed by atoms with Gasteiger partial charge in [-0.05, 0) is 39.0 Å². The highest BCUT2D eigenvalue weighted by Gasteiger charge is 2.27. The lowest BCUT2D eigenvalue weighted by Crippen LogP contribution is -2.39. The molecule has 25 heavy (non-hydrogen) atoms. The highest BCUT2D eigenvalue weighted by atomic mass is 35.5. The van der Waals surface area contributed by atoms with Crippen molar-refractivity contribution in [3.8, 4) is 0 Å². The number of carbonyl (C=O) groups excluding carboxylic acids is 1. The van der Waals surface area contributed by atoms with Crippen molar-refractivity contribution < 1.29 is 9.35 Å². The highest BCUT2D eigenvalue weighted by molar-refractivity contribution is 7.99. The lowest BCUT2D eigenvalue weighted by Gasteiger charge is -2.24. The summed E-state index contributed by atoms with van der Waals surface area (Å²) in [7, 11) is 0. The Morgan fingerprint density at radius 3 is 2.48 bits per heavy atom. The van der Waals surface area contributed by atoms with Crippen LogP contribution in [0.3, 0.4) is 0 Å². The minimum atomic E-state index is -1.23. The second-order valence-electron chi connectivity index (χ2n) is 6.30. The fourth-order valence-corrected chi connectivity index (χ4v) is 4.20. The predicted molar refractivity (Wildman–Crippen MR) is 107 cm³/mol. The van der Waals surface area contributed by atoms with Crippen LogP contribution in [0.2, 0.25) is 10.0 Å². The van der Waals surface area contributed by atoms with Crippen molar-refractivity contribution in [3.05, 3.63) is 57.6 Å². The molecular weight excluding hydrogens is 397 g/mol. The van der Waals surface area contributed by atoms with Crippen molar-refractivity contribution >= 4 is 52.6 Å². The van der Waals surface area contributed by atoms with E-state index in [4.69, 9.17) is 23.2 Å². The first-order chi connectivity index (χ1) is 11.7. The van der Waals surface area contributed by atoms with Crippen LogP contribution in [0.1, 0.15) is 36.7 Å². The van der Waals surface area contributed by atoms with E-state index in [2.05, 4.69) is 4.72 Å². The third kappa shape index (κ3) is 5.39. The molecule has 0 aliphatic carbocycles. The molecule has 1 atom stereocenters. The molecule has 0 aliphatic rings. The molecule has 0 heterocycles. The van der Waals surface area contributed by atoms with E-state index in [0.717, 1.165) is 21.6 Å². The molecule has 2 rings (SSSR count). The molecule has 1 unspecified atom stereocenters. The molecule has 0 spiro atoms. The van der Waals surface area contributed by atoms with E-state index in [0.29, 0.717) is 22.2 Å². The number of benzene rings is 2. The van der Waals surface area contributed by atoms with E-state index in [-0.39, 0.29) is 4.75 Å². The number of hydrogen-bond donors (Lipinski definition) is 1. The SMILES string of the molecule is CC(C)(C)[S+]([O-])NCc1c(Sc2ccccc2C=O)ccc(Cl)c1Cl. The second-order valence-corrected chi connectivity index (χ2v) is 10.2. The quantitative estimate of drug-likeness (QED) is 0.499. The summed E-state index contributed by atoms with van der Waals surface area (Å²) in [6, 6.07) is 10.9. The monoisotopic (exact) mass is 415 g/mol. The Hall–Kier alpha value is -0.690. The van der Waals surface area contributed by atoms with Crippen LogP contribution in [0.25, 0.3) is 0 Å². The molecule has 3 nitrogen and oxygen atoms in total. The summed E-state index contributed by atoms with van der Waals surface area (Å²) in [4.78, 5) is 12.9. The van der Waals surface area contributed by atoms with Gasteiger partial charge in [-0.25, -0.2) is 0 Å². The summed E-state index contributed by atoms with van der Waals surface area (Å²) >= 11 is 12.7. The van der Waals surface area contributed by atoms with Gasteiger partial charge >= 0.3 is 0 Å². The minimum absolute atomic E-state index is 0.314. The zero-order valence-corrected chi connectivity index (χ0v) is 17.3. The normalized spacial score (nSPS) is 12.9. The van der Waals surface area contributed by atoms with E-state index in [1.807, 2.05) is 45.0 Å². The van der Waals surface area contributed by atoms with Crippen LogP contribution >= 0.6 is 35.0 Å². The van der Waals surface area contributed by atoms with Crippen LogP contribution in [-0.2, 0) is 17.9 Å². The van der Waals surface area contributed by atoms with Crippen molar-refractivity contribution in [1.29, 1.82) is 0 Å². The van der Waals surface area contributed by atoms with Crippen LogP contribution < -0.4 is 4.72 Å². The van der Waals surface area contributed by atoms with E-state index in [9.17, 15) is 9.35 Å². The molecule has 7 heteroatoms. The molecule has 0 aliphatic heterocycles. The lowest BCUT2D eigenvalue weighted by atomic mass is 10.2. The van der Waals surface area contributed by atoms with E-state index < -0.39 is 11.4 Å². The van der Waals surface area contributed by atoms with Gasteiger partial charge in [-0.15, -0.1) is 4.72 Å². The van der Waals surface area contributed by atoms with Crippen LogP contribution in [-0.4, -0.2) is 15.6 Å². The summed E-state index contributed by atoms with van der Waals surface area (Å²) in [5.41, 5.74) is 1.37. The van der Waals surface area contributed by atoms with Gasteiger partial charge in [-0.2, -0.15) is 0 Å². The Labute approximate surface area is 165 Å². The summed E-state index contributed by atoms with van der Waals surface area (Å²) in [6.07, 6.45) is 0.826. The van der Waals surface area contributed by atoms with Gasteiger partial charge in [0.1, 0.15) is 4.75 Å². The van der Waals surface area contributed by atoms with E-state index in [1.165, 1.54) is 11.8 Å². The summed E-state index contributed by atoms with van der Waals surface area (Å²) < 4.78 is 14.9. The van der Waals surface area contributed by atoms with Crippen molar-refractivity contribution in [2.45, 2.75) is 41.9 Å². The maximum absolute atomic E-state index is 12.3. The first kappa shape index (κ1) is 20.6. The van der Waals surface area contributed by atoms with Gasteiger partial charge in [0.25, 0.3) is 0 Å². The average Bonchev–Trinajstić information content (AvgIpc) is 2.57. The molecule has 0 bridgehead atoms.